The number of hydrogen-bond donors (Lipinski definition) is 4. The van der Waals surface area contributed by atoms with Crippen LogP contribution in [-0.2, 0) is 33.6 Å². The summed E-state index contributed by atoms with van der Waals surface area (Å²) < 4.78 is 14.2. The van der Waals surface area contributed by atoms with Gasteiger partial charge in [-0.1, -0.05) is 65.8 Å². The normalized spacial score (nSPS) is 28.0. The molecule has 0 bridgehead atoms. The number of carbonyl (C=O) groups excluding carboxylic acids is 3. The Morgan fingerprint density at radius 2 is 1.64 bits per heavy atom. The number of aliphatic hydroxyl groups excluding tert-OH is 2. The number of hydrogen-bond acceptors (Lipinski definition) is 7. The molecule has 2 aromatic rings. The van der Waals surface area contributed by atoms with E-state index in [1.807, 2.05) is 19.9 Å². The van der Waals surface area contributed by atoms with Crippen molar-refractivity contribution in [1.82, 2.24) is 0 Å². The van der Waals surface area contributed by atoms with Crippen LogP contribution in [0.1, 0.15) is 95.0 Å². The predicted octanol–water partition coefficient (Wildman–Crippen LogP) is 6.63. The number of fused-ring (bicyclic) bond motifs is 3. The van der Waals surface area contributed by atoms with Crippen LogP contribution in [0.3, 0.4) is 0 Å². The summed E-state index contributed by atoms with van der Waals surface area (Å²) in [7, 11) is 0. The molecule has 5 rings (SSSR count). The van der Waals surface area contributed by atoms with Crippen LogP contribution in [0.2, 0.25) is 0 Å². The molecule has 1 saturated carbocycles. The maximum absolute atomic E-state index is 14.6. The number of phenols is 1. The molecule has 1 unspecified atom stereocenters. The van der Waals surface area contributed by atoms with E-state index < -0.39 is 56.8 Å². The molecule has 240 valence electrons. The number of rotatable bonds is 7. The first-order valence-electron chi connectivity index (χ1n) is 15.7. The molecule has 3 aliphatic rings. The Hall–Kier alpha value is -3.78. The van der Waals surface area contributed by atoms with Crippen LogP contribution < -0.4 is 0 Å². The Kier molecular flexibility index (Phi) is 7.92. The number of phenolic OH excluding ortho intramolecular Hbond substituents is 1. The Labute approximate surface area is 263 Å². The van der Waals surface area contributed by atoms with E-state index in [0.29, 0.717) is 36.0 Å². The summed E-state index contributed by atoms with van der Waals surface area (Å²) in [5, 5.41) is 47.2. The van der Waals surface area contributed by atoms with Gasteiger partial charge >= 0.3 is 0 Å². The van der Waals surface area contributed by atoms with E-state index in [4.69, 9.17) is 0 Å². The van der Waals surface area contributed by atoms with Gasteiger partial charge in [0.25, 0.3) is 0 Å². The second-order valence-electron chi connectivity index (χ2n) is 14.4. The predicted molar refractivity (Wildman–Crippen MR) is 168 cm³/mol. The molecule has 0 heterocycles. The number of Topliss-reactive ketones (excluding diaryl/α,β-unsaturated/α-hetero) is 3. The van der Waals surface area contributed by atoms with Gasteiger partial charge in [-0.25, -0.2) is 4.39 Å². The minimum atomic E-state index is -2.65. The third kappa shape index (κ3) is 4.58. The van der Waals surface area contributed by atoms with Crippen molar-refractivity contribution in [2.24, 2.45) is 22.7 Å². The zero-order chi connectivity index (χ0) is 33.4. The van der Waals surface area contributed by atoms with Crippen LogP contribution in [0.25, 0.3) is 5.76 Å². The van der Waals surface area contributed by atoms with Crippen molar-refractivity contribution < 1.29 is 39.2 Å². The van der Waals surface area contributed by atoms with Crippen molar-refractivity contribution in [3.63, 3.8) is 0 Å². The fraction of sp³-hybridized carbons (Fsp3) is 0.486. The second-order valence-corrected chi connectivity index (χ2v) is 14.4. The molecule has 0 saturated heterocycles. The summed E-state index contributed by atoms with van der Waals surface area (Å²) in [5.74, 6) is -5.65. The number of ketones is 3. The van der Waals surface area contributed by atoms with Crippen LogP contribution in [0.4, 0.5) is 4.39 Å². The van der Waals surface area contributed by atoms with E-state index in [1.54, 1.807) is 45.9 Å². The number of allylic oxidation sites excluding steroid dienone is 1. The van der Waals surface area contributed by atoms with Crippen LogP contribution >= 0.6 is 0 Å². The second kappa shape index (κ2) is 10.9. The largest absolute Gasteiger partial charge is 0.508 e. The lowest BCUT2D eigenvalue weighted by atomic mass is 9.43. The van der Waals surface area contributed by atoms with E-state index >= 15 is 0 Å². The minimum absolute atomic E-state index is 0.0146. The molecular weight excluding hydrogens is 575 g/mol. The zero-order valence-corrected chi connectivity index (χ0v) is 27.0. The Bertz CT molecular complexity index is 1700. The van der Waals surface area contributed by atoms with E-state index in [1.165, 1.54) is 6.07 Å². The molecule has 0 spiro atoms. The molecule has 3 aliphatic carbocycles. The van der Waals surface area contributed by atoms with Gasteiger partial charge in [0.05, 0.1) is 5.56 Å². The Balaban J connectivity index is 1.69. The minimum Gasteiger partial charge on any atom is -0.508 e. The lowest BCUT2D eigenvalue weighted by Crippen LogP contribution is -2.69. The number of carbonyl (C=O) groups is 3. The van der Waals surface area contributed by atoms with E-state index in [2.05, 4.69) is 0 Å². The van der Waals surface area contributed by atoms with Gasteiger partial charge < -0.3 is 20.4 Å². The van der Waals surface area contributed by atoms with Crippen molar-refractivity contribution in [2.45, 2.75) is 92.1 Å². The van der Waals surface area contributed by atoms with Crippen LogP contribution in [-0.4, -0.2) is 43.4 Å². The van der Waals surface area contributed by atoms with Crippen LogP contribution in [0, 0.1) is 28.5 Å². The van der Waals surface area contributed by atoms with Gasteiger partial charge in [0.1, 0.15) is 28.7 Å². The Morgan fingerprint density at radius 3 is 2.22 bits per heavy atom. The monoisotopic (exact) mass is 618 g/mol. The molecule has 0 amide bonds. The quantitative estimate of drug-likeness (QED) is 0.256. The molecule has 4 atom stereocenters. The number of aliphatic hydroxyl groups is 3. The third-order valence-electron chi connectivity index (χ3n) is 10.6. The van der Waals surface area contributed by atoms with Crippen LogP contribution in [0.5, 0.6) is 5.75 Å². The average Bonchev–Trinajstić information content (AvgIpc) is 2.92. The summed E-state index contributed by atoms with van der Waals surface area (Å²) in [6, 6.07) is 8.44. The number of aromatic hydroxyl groups is 1. The molecule has 4 N–H and O–H groups in total. The lowest BCUT2D eigenvalue weighted by Gasteiger charge is -2.60. The maximum atomic E-state index is 14.6. The summed E-state index contributed by atoms with van der Waals surface area (Å²) in [6.45, 7) is 12.1. The SMILES string of the molecule is CC(=O)C1=C(O)[C@]2(O)C(=O)C3=C(O)c4c(O)c(CCCc5ccccc5F)cc(C(C)C)c4C[C@]3(C)C[C@]2(C)C(C(C)C)C1=O. The molecule has 2 aromatic carbocycles. The first kappa shape index (κ1) is 32.6. The van der Waals surface area contributed by atoms with Gasteiger partial charge in [-0.3, -0.25) is 14.4 Å². The number of aryl methyl sites for hydroxylation is 2. The lowest BCUT2D eigenvalue weighted by molar-refractivity contribution is -0.178. The fourth-order valence-corrected chi connectivity index (χ4v) is 8.75. The topological polar surface area (TPSA) is 132 Å². The van der Waals surface area contributed by atoms with E-state index in [-0.39, 0.29) is 47.4 Å². The number of halogens is 1. The Morgan fingerprint density at radius 1 is 1.02 bits per heavy atom. The van der Waals surface area contributed by atoms with Crippen molar-refractivity contribution in [2.75, 3.05) is 0 Å². The number of benzene rings is 2. The average molecular weight is 619 g/mol. The summed E-state index contributed by atoms with van der Waals surface area (Å²) in [6.07, 6.45) is 1.63. The van der Waals surface area contributed by atoms with Gasteiger partial charge in [0, 0.05) is 22.3 Å². The first-order valence-corrected chi connectivity index (χ1v) is 15.7. The molecule has 8 heteroatoms. The van der Waals surface area contributed by atoms with Crippen molar-refractivity contribution in [3.05, 3.63) is 80.9 Å². The molecule has 0 aliphatic heterocycles. The van der Waals surface area contributed by atoms with Crippen molar-refractivity contribution >= 4 is 23.1 Å². The van der Waals surface area contributed by atoms with Gasteiger partial charge in [-0.2, -0.15) is 0 Å². The highest BCUT2D eigenvalue weighted by molar-refractivity contribution is 6.24. The molecule has 0 aromatic heterocycles. The smallest absolute Gasteiger partial charge is 0.203 e. The fourth-order valence-electron chi connectivity index (χ4n) is 8.75. The highest BCUT2D eigenvalue weighted by Crippen LogP contribution is 2.65. The highest BCUT2D eigenvalue weighted by atomic mass is 19.1. The standard InChI is InChI=1S/C37H43FO7/c1-18(2)23-15-22(13-10-12-21-11-8-9-14-25(21)38)30(40)27-24(23)16-35(6)17-36(7)28(19(3)4)31(41)26(20(5)39)33(43)37(36,45)34(44)29(35)32(27)42/h8-9,11,14-15,18-19,28,40,42-43,45H,10,12-13,16-17H2,1-7H3/t28?,35-,36-,37+/m1/s1. The molecule has 7 nitrogen and oxygen atoms in total. The van der Waals surface area contributed by atoms with E-state index in [9.17, 15) is 39.2 Å². The summed E-state index contributed by atoms with van der Waals surface area (Å²) >= 11 is 0. The van der Waals surface area contributed by atoms with Gasteiger partial charge in [0.15, 0.2) is 17.2 Å². The third-order valence-corrected chi connectivity index (χ3v) is 10.6. The van der Waals surface area contributed by atoms with Crippen molar-refractivity contribution in [1.29, 1.82) is 0 Å². The zero-order valence-electron chi connectivity index (χ0n) is 27.0. The summed E-state index contributed by atoms with van der Waals surface area (Å²) in [4.78, 5) is 40.9. The summed E-state index contributed by atoms with van der Waals surface area (Å²) in [5.41, 5.74) is -3.18. The van der Waals surface area contributed by atoms with Crippen molar-refractivity contribution in [3.8, 4) is 5.75 Å². The molecular formula is C37H43FO7. The molecule has 0 radical (unpaired) electrons. The first-order chi connectivity index (χ1) is 20.9. The van der Waals surface area contributed by atoms with Gasteiger partial charge in [0.2, 0.25) is 5.78 Å². The highest BCUT2D eigenvalue weighted by Gasteiger charge is 2.72. The van der Waals surface area contributed by atoms with Crippen LogP contribution in [0.15, 0.2) is 47.2 Å². The van der Waals surface area contributed by atoms with Gasteiger partial charge in [-0.05, 0) is 79.2 Å². The molecule has 45 heavy (non-hydrogen) atoms. The van der Waals surface area contributed by atoms with E-state index in [0.717, 1.165) is 12.5 Å². The van der Waals surface area contributed by atoms with Gasteiger partial charge in [-0.15, -0.1) is 0 Å². The maximum Gasteiger partial charge on any atom is 0.203 e. The molecule has 1 fully saturated rings.